The van der Waals surface area contributed by atoms with Crippen molar-refractivity contribution in [3.05, 3.63) is 114 Å². The number of hydrogen-bond acceptors (Lipinski definition) is 3. The number of ether oxygens (including phenoxy) is 1. The molecule has 3 heterocycles. The van der Waals surface area contributed by atoms with Gasteiger partial charge in [0.05, 0.1) is 18.6 Å². The van der Waals surface area contributed by atoms with E-state index in [-0.39, 0.29) is 11.8 Å². The minimum absolute atomic E-state index is 0.0940. The van der Waals surface area contributed by atoms with E-state index in [4.69, 9.17) is 4.74 Å². The van der Waals surface area contributed by atoms with Crippen LogP contribution < -0.4 is 5.32 Å². The molecule has 0 aliphatic carbocycles. The molecule has 6 aromatic rings. The number of methoxy groups -OCH3 is 1. The maximum absolute atomic E-state index is 14.6. The molecular weight excluding hydrogens is 536 g/mol. The zero-order valence-electron chi connectivity index (χ0n) is 24.6. The molecule has 1 aliphatic rings. The number of fused-ring (bicyclic) bond motifs is 5. The fraction of sp³-hybridized carbons (Fsp3) is 0.222. The number of para-hydroxylation sites is 2. The Bertz CT molecular complexity index is 2020. The minimum atomic E-state index is -0.635. The molecule has 0 fully saturated rings. The monoisotopic (exact) mass is 570 g/mol. The molecule has 2 atom stereocenters. The maximum Gasteiger partial charge on any atom is 0.254 e. The molecule has 0 bridgehead atoms. The molecule has 2 unspecified atom stereocenters. The lowest BCUT2D eigenvalue weighted by atomic mass is 9.79. The van der Waals surface area contributed by atoms with Crippen molar-refractivity contribution in [3.8, 4) is 0 Å². The fourth-order valence-electron chi connectivity index (χ4n) is 6.96. The van der Waals surface area contributed by atoms with E-state index in [0.717, 1.165) is 50.6 Å². The minimum Gasteiger partial charge on any atom is -0.383 e. The molecule has 0 radical (unpaired) electrons. The van der Waals surface area contributed by atoms with Crippen LogP contribution in [0.3, 0.4) is 0 Å². The van der Waals surface area contributed by atoms with E-state index in [0.29, 0.717) is 18.7 Å². The van der Waals surface area contributed by atoms with E-state index >= 15 is 0 Å². The van der Waals surface area contributed by atoms with Crippen molar-refractivity contribution in [2.24, 2.45) is 7.05 Å². The summed E-state index contributed by atoms with van der Waals surface area (Å²) in [5.41, 5.74) is 6.32. The third-order valence-corrected chi connectivity index (χ3v) is 8.86. The number of aromatic nitrogens is 2. The summed E-state index contributed by atoms with van der Waals surface area (Å²) in [6.07, 6.45) is 2.06. The van der Waals surface area contributed by atoms with Gasteiger partial charge in [-0.25, -0.2) is 0 Å². The van der Waals surface area contributed by atoms with Crippen molar-refractivity contribution in [1.29, 1.82) is 0 Å². The van der Waals surface area contributed by atoms with Crippen LogP contribution >= 0.6 is 0 Å². The second-order valence-electron chi connectivity index (χ2n) is 11.2. The number of nitrogens with zero attached hydrogens (tertiary/aromatic N) is 3. The number of amides is 2. The van der Waals surface area contributed by atoms with Crippen LogP contribution in [0.25, 0.3) is 32.7 Å². The van der Waals surface area contributed by atoms with Crippen molar-refractivity contribution in [3.63, 3.8) is 0 Å². The van der Waals surface area contributed by atoms with E-state index in [1.54, 1.807) is 7.11 Å². The number of benzene rings is 4. The molecule has 7 heteroatoms. The summed E-state index contributed by atoms with van der Waals surface area (Å²) >= 11 is 0. The number of anilines is 1. The lowest BCUT2D eigenvalue weighted by molar-refractivity contribution is -0.119. The fourth-order valence-corrected chi connectivity index (χ4v) is 6.96. The van der Waals surface area contributed by atoms with E-state index in [2.05, 4.69) is 70.0 Å². The van der Waals surface area contributed by atoms with Gasteiger partial charge in [0, 0.05) is 83.0 Å². The summed E-state index contributed by atoms with van der Waals surface area (Å²) in [5.74, 6) is -0.883. The van der Waals surface area contributed by atoms with Gasteiger partial charge in [0.25, 0.3) is 5.91 Å². The smallest absolute Gasteiger partial charge is 0.254 e. The van der Waals surface area contributed by atoms with Crippen molar-refractivity contribution >= 4 is 50.2 Å². The number of nitrogens with one attached hydrogen (secondary N) is 1. The lowest BCUT2D eigenvalue weighted by Crippen LogP contribution is -2.47. The van der Waals surface area contributed by atoms with Crippen molar-refractivity contribution in [2.75, 3.05) is 25.6 Å². The summed E-state index contributed by atoms with van der Waals surface area (Å²) in [4.78, 5) is 30.4. The average molecular weight is 571 g/mol. The largest absolute Gasteiger partial charge is 0.383 e. The van der Waals surface area contributed by atoms with Crippen LogP contribution in [0.5, 0.6) is 0 Å². The number of hydrogen-bond donors (Lipinski definition) is 1. The summed E-state index contributed by atoms with van der Waals surface area (Å²) in [7, 11) is 3.63. The number of aryl methyl sites for hydroxylation is 2. The first-order valence-corrected chi connectivity index (χ1v) is 14.8. The highest BCUT2D eigenvalue weighted by atomic mass is 16.5. The SMILES string of the molecule is CCn1c2ccccc2c2cc(NC(=O)C3c4ccccc4C(=O)N(CCOC)C3c3cn(C)c4ccccc34)ccc21. The Kier molecular flexibility index (Phi) is 6.75. The lowest BCUT2D eigenvalue weighted by Gasteiger charge is -2.41. The first-order chi connectivity index (χ1) is 21.0. The molecule has 1 aliphatic heterocycles. The standard InChI is InChI=1S/C36H34N4O3/c1-4-39-31-16-10-8-11-24(31)28-21-23(17-18-32(28)39)37-35(41)33-26-13-5-6-14-27(26)36(42)40(19-20-43-3)34(33)29-22-38(2)30-15-9-7-12-25(29)30/h5-18,21-22,33-34H,4,19-20H2,1-3H3,(H,37,41). The Labute approximate surface area is 250 Å². The molecule has 7 nitrogen and oxygen atoms in total. The van der Waals surface area contributed by atoms with Crippen LogP contribution in [0.15, 0.2) is 97.2 Å². The van der Waals surface area contributed by atoms with Crippen LogP contribution in [0.1, 0.15) is 40.4 Å². The van der Waals surface area contributed by atoms with Gasteiger partial charge in [-0.05, 0) is 48.9 Å². The molecular formula is C36H34N4O3. The van der Waals surface area contributed by atoms with Gasteiger partial charge in [0.1, 0.15) is 0 Å². The van der Waals surface area contributed by atoms with Crippen molar-refractivity contribution in [2.45, 2.75) is 25.4 Å². The highest BCUT2D eigenvalue weighted by Crippen LogP contribution is 2.45. The average Bonchev–Trinajstić information content (AvgIpc) is 3.54. The van der Waals surface area contributed by atoms with Gasteiger partial charge < -0.3 is 24.1 Å². The van der Waals surface area contributed by atoms with Gasteiger partial charge in [-0.15, -0.1) is 0 Å². The number of carbonyl (C=O) groups excluding carboxylic acids is 2. The summed E-state index contributed by atoms with van der Waals surface area (Å²) in [6.45, 7) is 3.73. The normalized spacial score (nSPS) is 16.7. The molecule has 4 aromatic carbocycles. The van der Waals surface area contributed by atoms with Gasteiger partial charge in [-0.1, -0.05) is 54.6 Å². The predicted octanol–water partition coefficient (Wildman–Crippen LogP) is 6.87. The summed E-state index contributed by atoms with van der Waals surface area (Å²) < 4.78 is 9.80. The first-order valence-electron chi connectivity index (χ1n) is 14.8. The summed E-state index contributed by atoms with van der Waals surface area (Å²) in [5, 5.41) is 6.54. The van der Waals surface area contributed by atoms with Crippen molar-refractivity contribution in [1.82, 2.24) is 14.0 Å². The highest BCUT2D eigenvalue weighted by Gasteiger charge is 2.45. The van der Waals surface area contributed by atoms with Crippen LogP contribution in [-0.2, 0) is 23.1 Å². The third-order valence-electron chi connectivity index (χ3n) is 8.86. The van der Waals surface area contributed by atoms with E-state index in [1.165, 1.54) is 5.52 Å². The maximum atomic E-state index is 14.6. The zero-order chi connectivity index (χ0) is 29.7. The van der Waals surface area contributed by atoms with Gasteiger partial charge in [-0.2, -0.15) is 0 Å². The van der Waals surface area contributed by atoms with Gasteiger partial charge in [0.2, 0.25) is 5.91 Å². The van der Waals surface area contributed by atoms with Crippen LogP contribution in [0, 0.1) is 0 Å². The van der Waals surface area contributed by atoms with Gasteiger partial charge in [0.15, 0.2) is 0 Å². The third kappa shape index (κ3) is 4.31. The van der Waals surface area contributed by atoms with E-state index < -0.39 is 12.0 Å². The van der Waals surface area contributed by atoms with Crippen LogP contribution in [-0.4, -0.2) is 46.1 Å². The predicted molar refractivity (Wildman–Crippen MR) is 172 cm³/mol. The Hall–Kier alpha value is -4.88. The first kappa shape index (κ1) is 27.0. The molecule has 216 valence electrons. The molecule has 7 rings (SSSR count). The molecule has 2 amide bonds. The second-order valence-corrected chi connectivity index (χ2v) is 11.2. The van der Waals surface area contributed by atoms with Crippen LogP contribution in [0.4, 0.5) is 5.69 Å². The summed E-state index contributed by atoms with van der Waals surface area (Å²) in [6, 6.07) is 29.6. The molecule has 0 spiro atoms. The van der Waals surface area contributed by atoms with E-state index in [1.807, 2.05) is 60.5 Å². The Morgan fingerprint density at radius 2 is 1.53 bits per heavy atom. The second kappa shape index (κ2) is 10.7. The van der Waals surface area contributed by atoms with Crippen molar-refractivity contribution < 1.29 is 14.3 Å². The zero-order valence-corrected chi connectivity index (χ0v) is 24.6. The highest BCUT2D eigenvalue weighted by molar-refractivity contribution is 6.11. The van der Waals surface area contributed by atoms with E-state index in [9.17, 15) is 9.59 Å². The molecule has 0 saturated heterocycles. The Balaban J connectivity index is 1.37. The molecule has 43 heavy (non-hydrogen) atoms. The molecule has 2 aromatic heterocycles. The molecule has 0 saturated carbocycles. The van der Waals surface area contributed by atoms with Gasteiger partial charge in [-0.3, -0.25) is 9.59 Å². The Morgan fingerprint density at radius 3 is 2.33 bits per heavy atom. The Morgan fingerprint density at radius 1 is 0.837 bits per heavy atom. The number of carbonyl (C=O) groups is 2. The topological polar surface area (TPSA) is 68.5 Å². The number of rotatable bonds is 7. The molecule has 1 N–H and O–H groups in total. The quantitative estimate of drug-likeness (QED) is 0.228. The van der Waals surface area contributed by atoms with Crippen LogP contribution in [0.2, 0.25) is 0 Å². The van der Waals surface area contributed by atoms with Gasteiger partial charge >= 0.3 is 0 Å².